The van der Waals surface area contributed by atoms with E-state index in [0.717, 1.165) is 12.1 Å². The molecule has 1 unspecified atom stereocenters. The minimum absolute atomic E-state index is 0.0640. The summed E-state index contributed by atoms with van der Waals surface area (Å²) in [5.41, 5.74) is -6.70. The van der Waals surface area contributed by atoms with Gasteiger partial charge in [0.2, 0.25) is 0 Å². The third-order valence-corrected chi connectivity index (χ3v) is 5.67. The average Bonchev–Trinajstić information content (AvgIpc) is 2.53. The molecular weight excluding hydrogens is 365 g/mol. The number of nitro benzene ring substituents is 1. The van der Waals surface area contributed by atoms with Crippen LogP contribution in [-0.4, -0.2) is 44.1 Å². The van der Waals surface area contributed by atoms with Crippen molar-refractivity contribution >= 4 is 21.2 Å². The number of hydrogen-bond donors (Lipinski definition) is 0. The van der Waals surface area contributed by atoms with E-state index in [-0.39, 0.29) is 5.69 Å². The number of anilines is 1. The highest BCUT2D eigenvalue weighted by Crippen LogP contribution is 2.37. The summed E-state index contributed by atoms with van der Waals surface area (Å²) in [5, 5.41) is 11.3. The Balaban J connectivity index is 2.50. The van der Waals surface area contributed by atoms with Crippen LogP contribution < -0.4 is 4.90 Å². The molecule has 0 radical (unpaired) electrons. The number of ether oxygens (including phenoxy) is 1. The number of benzene rings is 1. The maximum Gasteiger partial charge on any atom is 0.501 e. The highest BCUT2D eigenvalue weighted by molar-refractivity contribution is 7.92. The Hall–Kier alpha value is -1.88. The molecule has 2 rings (SSSR count). The van der Waals surface area contributed by atoms with E-state index >= 15 is 0 Å². The van der Waals surface area contributed by atoms with E-state index in [9.17, 15) is 31.7 Å². The molecule has 0 aromatic heterocycles. The molecule has 0 amide bonds. The molecule has 11 heteroatoms. The smallest absolute Gasteiger partial charge is 0.372 e. The van der Waals surface area contributed by atoms with Crippen molar-refractivity contribution in [3.05, 3.63) is 28.3 Å². The second kappa shape index (κ2) is 6.45. The van der Waals surface area contributed by atoms with Gasteiger partial charge in [0.05, 0.1) is 22.0 Å². The van der Waals surface area contributed by atoms with E-state index in [4.69, 9.17) is 4.74 Å². The Kier molecular flexibility index (Phi) is 5.01. The van der Waals surface area contributed by atoms with E-state index in [2.05, 4.69) is 0 Å². The fourth-order valence-corrected chi connectivity index (χ4v) is 3.35. The highest BCUT2D eigenvalue weighted by Gasteiger charge is 2.47. The zero-order chi connectivity index (χ0) is 19.0. The van der Waals surface area contributed by atoms with Crippen molar-refractivity contribution in [2.24, 2.45) is 0 Å². The summed E-state index contributed by atoms with van der Waals surface area (Å²) in [4.78, 5) is 10.9. The lowest BCUT2D eigenvalue weighted by atomic mass is 10.0. The van der Waals surface area contributed by atoms with Crippen LogP contribution in [0.3, 0.4) is 0 Å². The first-order chi connectivity index (χ1) is 11.4. The van der Waals surface area contributed by atoms with Crippen molar-refractivity contribution in [1.82, 2.24) is 0 Å². The topological polar surface area (TPSA) is 89.8 Å². The van der Waals surface area contributed by atoms with Crippen LogP contribution in [-0.2, 0) is 14.6 Å². The summed E-state index contributed by atoms with van der Waals surface area (Å²) >= 11 is 0. The molecule has 1 aromatic rings. The van der Waals surface area contributed by atoms with E-state index < -0.39 is 36.5 Å². The van der Waals surface area contributed by atoms with Gasteiger partial charge < -0.3 is 9.64 Å². The van der Waals surface area contributed by atoms with Gasteiger partial charge in [-0.3, -0.25) is 10.1 Å². The van der Waals surface area contributed by atoms with Crippen molar-refractivity contribution in [2.45, 2.75) is 36.3 Å². The van der Waals surface area contributed by atoms with Crippen LogP contribution in [0.2, 0.25) is 0 Å². The SMILES string of the molecule is CCC1(C)CN(c2ccc(S(=O)(=O)C(F)(F)F)cc2[N+](=O)[O-])CCO1. The van der Waals surface area contributed by atoms with E-state index in [0.29, 0.717) is 32.2 Å². The summed E-state index contributed by atoms with van der Waals surface area (Å²) in [6.07, 6.45) is 0.637. The molecule has 1 fully saturated rings. The van der Waals surface area contributed by atoms with Crippen molar-refractivity contribution in [3.63, 3.8) is 0 Å². The minimum Gasteiger partial charge on any atom is -0.372 e. The van der Waals surface area contributed by atoms with Gasteiger partial charge in [-0.2, -0.15) is 13.2 Å². The van der Waals surface area contributed by atoms with Crippen molar-refractivity contribution in [2.75, 3.05) is 24.6 Å². The molecule has 0 N–H and O–H groups in total. The number of nitrogens with zero attached hydrogens (tertiary/aromatic N) is 2. The van der Waals surface area contributed by atoms with Gasteiger partial charge in [-0.05, 0) is 25.5 Å². The average molecular weight is 382 g/mol. The van der Waals surface area contributed by atoms with Crippen LogP contribution in [0.5, 0.6) is 0 Å². The number of rotatable bonds is 4. The zero-order valence-electron chi connectivity index (χ0n) is 13.5. The Morgan fingerprint density at radius 1 is 1.40 bits per heavy atom. The maximum atomic E-state index is 12.7. The van der Waals surface area contributed by atoms with Crippen LogP contribution in [0.4, 0.5) is 24.5 Å². The molecule has 0 bridgehead atoms. The van der Waals surface area contributed by atoms with Gasteiger partial charge in [0.25, 0.3) is 15.5 Å². The first-order valence-corrected chi connectivity index (χ1v) is 8.88. The molecule has 0 spiro atoms. The highest BCUT2D eigenvalue weighted by atomic mass is 32.2. The van der Waals surface area contributed by atoms with Crippen LogP contribution in [0.25, 0.3) is 0 Å². The van der Waals surface area contributed by atoms with Gasteiger partial charge in [-0.15, -0.1) is 0 Å². The quantitative estimate of drug-likeness (QED) is 0.588. The normalized spacial score (nSPS) is 22.0. The summed E-state index contributed by atoms with van der Waals surface area (Å²) in [6.45, 7) is 4.62. The molecule has 1 aromatic carbocycles. The predicted octanol–water partition coefficient (Wildman–Crippen LogP) is 2.89. The number of halogens is 3. The zero-order valence-corrected chi connectivity index (χ0v) is 14.4. The van der Waals surface area contributed by atoms with Crippen molar-refractivity contribution in [1.29, 1.82) is 0 Å². The van der Waals surface area contributed by atoms with Crippen LogP contribution in [0.1, 0.15) is 20.3 Å². The molecule has 1 heterocycles. The molecule has 1 aliphatic rings. The molecular formula is C14H17F3N2O5S. The Morgan fingerprint density at radius 3 is 2.56 bits per heavy atom. The predicted molar refractivity (Wildman–Crippen MR) is 83.2 cm³/mol. The second-order valence-electron chi connectivity index (χ2n) is 5.93. The lowest BCUT2D eigenvalue weighted by Crippen LogP contribution is -2.50. The van der Waals surface area contributed by atoms with Gasteiger partial charge in [0, 0.05) is 19.2 Å². The van der Waals surface area contributed by atoms with Gasteiger partial charge in [0.15, 0.2) is 0 Å². The van der Waals surface area contributed by atoms with E-state index in [1.54, 1.807) is 4.90 Å². The molecule has 1 aliphatic heterocycles. The molecule has 1 saturated heterocycles. The lowest BCUT2D eigenvalue weighted by Gasteiger charge is -2.41. The number of sulfone groups is 1. The standard InChI is InChI=1S/C14H17F3N2O5S/c1-3-13(2)9-18(6-7-24-13)11-5-4-10(8-12(11)19(20)21)25(22,23)14(15,16)17/h4-5,8H,3,6-7,9H2,1-2H3. The third-order valence-electron chi connectivity index (χ3n) is 4.18. The van der Waals surface area contributed by atoms with Crippen molar-refractivity contribution in [3.8, 4) is 0 Å². The minimum atomic E-state index is -5.66. The largest absolute Gasteiger partial charge is 0.501 e. The number of alkyl halides is 3. The maximum absolute atomic E-state index is 12.7. The number of nitro groups is 1. The number of hydrogen-bond acceptors (Lipinski definition) is 6. The summed E-state index contributed by atoms with van der Waals surface area (Å²) < 4.78 is 66.6. The van der Waals surface area contributed by atoms with Gasteiger partial charge in [-0.25, -0.2) is 8.42 Å². The van der Waals surface area contributed by atoms with Gasteiger partial charge in [-0.1, -0.05) is 6.92 Å². The molecule has 1 atom stereocenters. The summed E-state index contributed by atoms with van der Waals surface area (Å²) in [5.74, 6) is 0. The molecule has 0 aliphatic carbocycles. The fraction of sp³-hybridized carbons (Fsp3) is 0.571. The Bertz CT molecular complexity index is 781. The number of morpholine rings is 1. The van der Waals surface area contributed by atoms with Gasteiger partial charge in [0.1, 0.15) is 5.69 Å². The van der Waals surface area contributed by atoms with Crippen molar-refractivity contribution < 1.29 is 31.2 Å². The Labute approximate surface area is 142 Å². The van der Waals surface area contributed by atoms with Gasteiger partial charge >= 0.3 is 5.51 Å². The van der Waals surface area contributed by atoms with E-state index in [1.807, 2.05) is 13.8 Å². The second-order valence-corrected chi connectivity index (χ2v) is 7.87. The summed E-state index contributed by atoms with van der Waals surface area (Å²) in [7, 11) is -5.66. The first kappa shape index (κ1) is 19.4. The fourth-order valence-electron chi connectivity index (χ4n) is 2.57. The molecule has 140 valence electrons. The molecule has 7 nitrogen and oxygen atoms in total. The monoisotopic (exact) mass is 382 g/mol. The third kappa shape index (κ3) is 3.71. The first-order valence-electron chi connectivity index (χ1n) is 7.40. The lowest BCUT2D eigenvalue weighted by molar-refractivity contribution is -0.384. The summed E-state index contributed by atoms with van der Waals surface area (Å²) in [6, 6.07) is 2.24. The van der Waals surface area contributed by atoms with Crippen LogP contribution >= 0.6 is 0 Å². The molecule has 25 heavy (non-hydrogen) atoms. The van der Waals surface area contributed by atoms with E-state index in [1.165, 1.54) is 0 Å². The molecule has 0 saturated carbocycles. The van der Waals surface area contributed by atoms with Crippen LogP contribution in [0.15, 0.2) is 23.1 Å². The van der Waals surface area contributed by atoms with Crippen LogP contribution in [0, 0.1) is 10.1 Å². The Morgan fingerprint density at radius 2 is 2.04 bits per heavy atom.